The zero-order valence-corrected chi connectivity index (χ0v) is 18.7. The standard InChI is InChI=1S/C19H12BrCl3F4N2O/c20-12-3-9(1-2-11(12)17(24)7-28-8-17)15-6-18(30-29-15,19(25,26)27)10-4-13(21)16(23)14(22)5-10/h1-6,28-29H,7-8H2. The van der Waals surface area contributed by atoms with Gasteiger partial charge in [-0.25, -0.2) is 4.39 Å². The Balaban J connectivity index is 1.78. The van der Waals surface area contributed by atoms with E-state index in [2.05, 4.69) is 26.7 Å². The molecule has 3 nitrogen and oxygen atoms in total. The highest BCUT2D eigenvalue weighted by atomic mass is 79.9. The van der Waals surface area contributed by atoms with Gasteiger partial charge in [0.1, 0.15) is 0 Å². The molecule has 0 radical (unpaired) electrons. The van der Waals surface area contributed by atoms with Crippen LogP contribution in [0.15, 0.2) is 40.9 Å². The fraction of sp³-hybridized carbons (Fsp3) is 0.263. The van der Waals surface area contributed by atoms with Crippen LogP contribution in [-0.4, -0.2) is 19.3 Å². The molecule has 2 aromatic carbocycles. The second kappa shape index (κ2) is 7.53. The summed E-state index contributed by atoms with van der Waals surface area (Å²) in [7, 11) is 0. The summed E-state index contributed by atoms with van der Waals surface area (Å²) in [5, 5.41) is 2.53. The van der Waals surface area contributed by atoms with Gasteiger partial charge in [-0.2, -0.15) is 13.2 Å². The molecule has 2 heterocycles. The average Bonchev–Trinajstić information content (AvgIpc) is 3.10. The van der Waals surface area contributed by atoms with Crippen LogP contribution in [0.3, 0.4) is 0 Å². The molecule has 0 saturated carbocycles. The highest BCUT2D eigenvalue weighted by molar-refractivity contribution is 9.10. The summed E-state index contributed by atoms with van der Waals surface area (Å²) in [5.74, 6) is 0. The van der Waals surface area contributed by atoms with Crippen molar-refractivity contribution in [3.63, 3.8) is 0 Å². The van der Waals surface area contributed by atoms with Crippen LogP contribution in [0.2, 0.25) is 15.1 Å². The molecular weight excluding hydrogens is 534 g/mol. The van der Waals surface area contributed by atoms with Crippen molar-refractivity contribution in [2.45, 2.75) is 17.4 Å². The number of halogens is 8. The van der Waals surface area contributed by atoms with Crippen LogP contribution >= 0.6 is 50.7 Å². The number of nitrogens with one attached hydrogen (secondary N) is 2. The summed E-state index contributed by atoms with van der Waals surface area (Å²) in [6.07, 6.45) is -3.96. The summed E-state index contributed by atoms with van der Waals surface area (Å²) in [5.41, 5.74) is -1.52. The Morgan fingerprint density at radius 3 is 2.17 bits per heavy atom. The fourth-order valence-corrected chi connectivity index (χ4v) is 4.67. The minimum absolute atomic E-state index is 0.0558. The third-order valence-electron chi connectivity index (χ3n) is 5.08. The predicted molar refractivity (Wildman–Crippen MR) is 111 cm³/mol. The summed E-state index contributed by atoms with van der Waals surface area (Å²) in [6.45, 7) is 0.342. The van der Waals surface area contributed by atoms with Crippen LogP contribution in [0.1, 0.15) is 16.7 Å². The van der Waals surface area contributed by atoms with Gasteiger partial charge in [-0.3, -0.25) is 10.3 Å². The van der Waals surface area contributed by atoms with E-state index in [4.69, 9.17) is 39.6 Å². The SMILES string of the molecule is FC1(c2ccc(C3=CC(c4cc(Cl)c(Cl)c(Cl)c4)(C(F)(F)F)ON3)cc2Br)CNC1. The lowest BCUT2D eigenvalue weighted by molar-refractivity contribution is -0.269. The monoisotopic (exact) mass is 544 g/mol. The number of hydroxylamine groups is 1. The molecule has 30 heavy (non-hydrogen) atoms. The van der Waals surface area contributed by atoms with Gasteiger partial charge >= 0.3 is 6.18 Å². The number of hydrogen-bond acceptors (Lipinski definition) is 3. The maximum Gasteiger partial charge on any atom is 0.428 e. The van der Waals surface area contributed by atoms with Gasteiger partial charge < -0.3 is 5.32 Å². The van der Waals surface area contributed by atoms with Gasteiger partial charge in [-0.15, -0.1) is 0 Å². The van der Waals surface area contributed by atoms with Crippen LogP contribution < -0.4 is 10.8 Å². The molecule has 0 bridgehead atoms. The number of alkyl halides is 4. The zero-order chi connectivity index (χ0) is 21.9. The molecule has 0 aromatic heterocycles. The molecule has 2 aromatic rings. The van der Waals surface area contributed by atoms with Crippen molar-refractivity contribution in [3.05, 3.63) is 72.6 Å². The molecule has 11 heteroatoms. The Hall–Kier alpha value is -1.03. The third-order valence-corrected chi connectivity index (χ3v) is 6.93. The average molecular weight is 547 g/mol. The molecule has 1 saturated heterocycles. The van der Waals surface area contributed by atoms with E-state index in [9.17, 15) is 17.6 Å². The fourth-order valence-electron chi connectivity index (χ4n) is 3.34. The van der Waals surface area contributed by atoms with E-state index in [1.807, 2.05) is 0 Å². The van der Waals surface area contributed by atoms with E-state index in [-0.39, 0.29) is 39.4 Å². The van der Waals surface area contributed by atoms with Crippen LogP contribution in [0.25, 0.3) is 5.70 Å². The number of benzene rings is 2. The molecule has 0 spiro atoms. The van der Waals surface area contributed by atoms with Crippen molar-refractivity contribution >= 4 is 56.4 Å². The van der Waals surface area contributed by atoms with Crippen molar-refractivity contribution in [2.24, 2.45) is 0 Å². The Labute approximate surface area is 192 Å². The molecule has 2 aliphatic rings. The molecule has 2 N–H and O–H groups in total. The summed E-state index contributed by atoms with van der Waals surface area (Å²) in [6, 6.07) is 6.70. The maximum absolute atomic E-state index is 14.7. The third kappa shape index (κ3) is 3.51. The van der Waals surface area contributed by atoms with Crippen molar-refractivity contribution in [2.75, 3.05) is 13.1 Å². The molecule has 1 fully saturated rings. The largest absolute Gasteiger partial charge is 0.428 e. The van der Waals surface area contributed by atoms with Crippen LogP contribution in [0.4, 0.5) is 17.6 Å². The molecular formula is C19H12BrCl3F4N2O. The lowest BCUT2D eigenvalue weighted by Crippen LogP contribution is -2.53. The molecule has 0 aliphatic carbocycles. The lowest BCUT2D eigenvalue weighted by atomic mass is 9.88. The first-order valence-electron chi connectivity index (χ1n) is 8.55. The minimum atomic E-state index is -4.85. The minimum Gasteiger partial charge on any atom is -0.310 e. The second-order valence-corrected chi connectivity index (χ2v) is 9.06. The predicted octanol–water partition coefficient (Wildman–Crippen LogP) is 6.51. The first-order valence-corrected chi connectivity index (χ1v) is 10.5. The van der Waals surface area contributed by atoms with Gasteiger partial charge in [0.05, 0.1) is 20.8 Å². The van der Waals surface area contributed by atoms with Crippen LogP contribution in [0.5, 0.6) is 0 Å². The highest BCUT2D eigenvalue weighted by Gasteiger charge is 2.60. The van der Waals surface area contributed by atoms with E-state index in [0.717, 1.165) is 18.2 Å². The summed E-state index contributed by atoms with van der Waals surface area (Å²) >= 11 is 21.1. The smallest absolute Gasteiger partial charge is 0.310 e. The van der Waals surface area contributed by atoms with Gasteiger partial charge in [0.25, 0.3) is 0 Å². The molecule has 0 amide bonds. The van der Waals surface area contributed by atoms with E-state index in [1.54, 1.807) is 0 Å². The maximum atomic E-state index is 14.7. The van der Waals surface area contributed by atoms with Gasteiger partial charge in [0.15, 0.2) is 5.67 Å². The van der Waals surface area contributed by atoms with Gasteiger partial charge in [0.2, 0.25) is 5.60 Å². The Kier molecular flexibility index (Phi) is 5.57. The van der Waals surface area contributed by atoms with Crippen LogP contribution in [0, 0.1) is 0 Å². The van der Waals surface area contributed by atoms with Crippen LogP contribution in [-0.2, 0) is 16.1 Å². The molecule has 4 rings (SSSR count). The summed E-state index contributed by atoms with van der Waals surface area (Å²) in [4.78, 5) is 5.05. The van der Waals surface area contributed by atoms with Gasteiger partial charge in [-0.05, 0) is 24.3 Å². The number of hydrogen-bond donors (Lipinski definition) is 2. The van der Waals surface area contributed by atoms with Crippen molar-refractivity contribution in [3.8, 4) is 0 Å². The topological polar surface area (TPSA) is 33.3 Å². The Morgan fingerprint density at radius 1 is 1.03 bits per heavy atom. The molecule has 2 aliphatic heterocycles. The van der Waals surface area contributed by atoms with E-state index < -0.39 is 17.4 Å². The highest BCUT2D eigenvalue weighted by Crippen LogP contribution is 2.49. The molecule has 160 valence electrons. The molecule has 1 unspecified atom stereocenters. The van der Waals surface area contributed by atoms with Gasteiger partial charge in [0, 0.05) is 34.3 Å². The van der Waals surface area contributed by atoms with Crippen molar-refractivity contribution in [1.29, 1.82) is 0 Å². The quantitative estimate of drug-likeness (QED) is 0.340. The normalized spacial score (nSPS) is 23.0. The Bertz CT molecular complexity index is 1040. The van der Waals surface area contributed by atoms with Crippen molar-refractivity contribution < 1.29 is 22.4 Å². The second-order valence-electron chi connectivity index (χ2n) is 7.01. The molecule has 1 atom stereocenters. The van der Waals surface area contributed by atoms with Crippen molar-refractivity contribution in [1.82, 2.24) is 10.8 Å². The first-order chi connectivity index (χ1) is 14.0. The first kappa shape index (κ1) is 22.2. The summed E-state index contributed by atoms with van der Waals surface area (Å²) < 4.78 is 57.5. The lowest BCUT2D eigenvalue weighted by Gasteiger charge is -2.36. The Morgan fingerprint density at radius 2 is 1.67 bits per heavy atom. The van der Waals surface area contributed by atoms with E-state index in [1.165, 1.54) is 18.2 Å². The van der Waals surface area contributed by atoms with E-state index >= 15 is 0 Å². The number of rotatable bonds is 3. The zero-order valence-electron chi connectivity index (χ0n) is 14.8. The van der Waals surface area contributed by atoms with Gasteiger partial charge in [-0.1, -0.05) is 62.9 Å². The van der Waals surface area contributed by atoms with E-state index in [0.29, 0.717) is 15.6 Å².